The van der Waals surface area contributed by atoms with E-state index in [0.29, 0.717) is 50.7 Å². The van der Waals surface area contributed by atoms with E-state index in [1.807, 2.05) is 20.7 Å². The predicted octanol–water partition coefficient (Wildman–Crippen LogP) is 1.25. The van der Waals surface area contributed by atoms with Gasteiger partial charge in [0.25, 0.3) is 11.8 Å². The lowest BCUT2D eigenvalue weighted by Crippen LogP contribution is -2.54. The number of carboxylic acids is 1. The molecule has 0 aliphatic carbocycles. The molecular formula is C31H37N7O7. The highest BCUT2D eigenvalue weighted by Crippen LogP contribution is 2.33. The number of aromatic nitrogens is 2. The first-order valence-corrected chi connectivity index (χ1v) is 15.5. The van der Waals surface area contributed by atoms with Crippen molar-refractivity contribution in [2.75, 3.05) is 38.0 Å². The topological polar surface area (TPSA) is 174 Å². The Morgan fingerprint density at radius 3 is 2.44 bits per heavy atom. The van der Waals surface area contributed by atoms with Crippen LogP contribution in [0.1, 0.15) is 77.3 Å². The summed E-state index contributed by atoms with van der Waals surface area (Å²) in [6, 6.07) is 4.10. The zero-order chi connectivity index (χ0) is 31.7. The van der Waals surface area contributed by atoms with Crippen LogP contribution in [0.5, 0.6) is 0 Å². The molecule has 1 unspecified atom stereocenters. The van der Waals surface area contributed by atoms with E-state index in [9.17, 15) is 28.8 Å². The molecule has 1 aromatic carbocycles. The van der Waals surface area contributed by atoms with Gasteiger partial charge >= 0.3 is 5.97 Å². The predicted molar refractivity (Wildman–Crippen MR) is 159 cm³/mol. The highest BCUT2D eigenvalue weighted by Gasteiger charge is 2.45. The van der Waals surface area contributed by atoms with Gasteiger partial charge in [-0.25, -0.2) is 0 Å². The molecule has 5 heterocycles. The third kappa shape index (κ3) is 6.46. The van der Waals surface area contributed by atoms with Gasteiger partial charge in [-0.15, -0.1) is 0 Å². The number of anilines is 1. The first kappa shape index (κ1) is 30.4. The molecule has 1 aromatic heterocycles. The van der Waals surface area contributed by atoms with E-state index in [4.69, 9.17) is 5.11 Å². The molecule has 0 spiro atoms. The first-order valence-electron chi connectivity index (χ1n) is 15.5. The molecule has 14 heteroatoms. The van der Waals surface area contributed by atoms with Crippen molar-refractivity contribution in [2.45, 2.75) is 63.6 Å². The minimum atomic E-state index is -1.02. The SMILES string of the molecule is O=C(O)CN1CCC(CC(=O)N2CCC(n3cc(CNc4cccc5c4C(=O)N(C4CCC(=O)NC4=O)C5=O)cn3)CC2)CC1. The van der Waals surface area contributed by atoms with E-state index in [-0.39, 0.29) is 42.5 Å². The largest absolute Gasteiger partial charge is 0.480 e. The number of rotatable bonds is 9. The van der Waals surface area contributed by atoms with Crippen molar-refractivity contribution in [1.29, 1.82) is 0 Å². The Labute approximate surface area is 259 Å². The second-order valence-electron chi connectivity index (χ2n) is 12.3. The van der Waals surface area contributed by atoms with E-state index in [2.05, 4.69) is 15.7 Å². The summed E-state index contributed by atoms with van der Waals surface area (Å²) in [5, 5.41) is 19.0. The van der Waals surface area contributed by atoms with E-state index < -0.39 is 35.6 Å². The molecular weight excluding hydrogens is 582 g/mol. The number of nitrogens with zero attached hydrogens (tertiary/aromatic N) is 5. The molecule has 4 aliphatic heterocycles. The Morgan fingerprint density at radius 1 is 0.978 bits per heavy atom. The lowest BCUT2D eigenvalue weighted by atomic mass is 9.92. The lowest BCUT2D eigenvalue weighted by molar-refractivity contribution is -0.139. The van der Waals surface area contributed by atoms with Gasteiger partial charge in [0.1, 0.15) is 6.04 Å². The van der Waals surface area contributed by atoms with Crippen molar-refractivity contribution in [3.8, 4) is 0 Å². The van der Waals surface area contributed by atoms with Crippen molar-refractivity contribution in [2.24, 2.45) is 5.92 Å². The Morgan fingerprint density at radius 2 is 1.73 bits per heavy atom. The Bertz CT molecular complexity index is 1520. The summed E-state index contributed by atoms with van der Waals surface area (Å²) in [6.45, 7) is 3.16. The van der Waals surface area contributed by atoms with Crippen LogP contribution in [0.4, 0.5) is 5.69 Å². The summed E-state index contributed by atoms with van der Waals surface area (Å²) in [6.07, 6.45) is 7.63. The smallest absolute Gasteiger partial charge is 0.317 e. The fraction of sp³-hybridized carbons (Fsp3) is 0.516. The molecule has 0 saturated carbocycles. The van der Waals surface area contributed by atoms with Crippen LogP contribution in [0.2, 0.25) is 0 Å². The van der Waals surface area contributed by atoms with Crippen molar-refractivity contribution >= 4 is 41.2 Å². The fourth-order valence-electron chi connectivity index (χ4n) is 6.82. The summed E-state index contributed by atoms with van der Waals surface area (Å²) >= 11 is 0. The van der Waals surface area contributed by atoms with Crippen LogP contribution in [0.15, 0.2) is 30.6 Å². The van der Waals surface area contributed by atoms with Gasteiger partial charge in [-0.1, -0.05) is 6.07 Å². The molecule has 2 aromatic rings. The summed E-state index contributed by atoms with van der Waals surface area (Å²) in [4.78, 5) is 79.1. The van der Waals surface area contributed by atoms with Crippen LogP contribution in [-0.2, 0) is 25.7 Å². The molecule has 14 nitrogen and oxygen atoms in total. The number of hydrogen-bond acceptors (Lipinski definition) is 9. The highest BCUT2D eigenvalue weighted by atomic mass is 16.4. The third-order valence-corrected chi connectivity index (χ3v) is 9.33. The number of hydrogen-bond donors (Lipinski definition) is 3. The Hall–Kier alpha value is -4.59. The number of likely N-dealkylation sites (tertiary alicyclic amines) is 2. The Kier molecular flexibility index (Phi) is 8.65. The zero-order valence-corrected chi connectivity index (χ0v) is 24.9. The van der Waals surface area contributed by atoms with Gasteiger partial charge in [-0.2, -0.15) is 5.10 Å². The standard InChI is InChI=1S/C31H37N7O7/c39-25-5-4-24(29(43)34-25)38-30(44)22-2-1-3-23(28(22)31(38)45)32-15-20-16-33-37(17-20)21-8-12-36(13-9-21)26(40)14-19-6-10-35(11-7-19)18-27(41)42/h1-3,16-17,19,21,24,32H,4-15,18H2,(H,41,42)(H,34,39,43). The van der Waals surface area contributed by atoms with Crippen LogP contribution in [0.25, 0.3) is 0 Å². The number of imide groups is 2. The molecule has 4 aliphatic rings. The molecule has 3 N–H and O–H groups in total. The number of piperidine rings is 3. The molecule has 3 saturated heterocycles. The van der Waals surface area contributed by atoms with Crippen molar-refractivity contribution in [3.05, 3.63) is 47.3 Å². The minimum absolute atomic E-state index is 0.0551. The number of carbonyl (C=O) groups is 6. The van der Waals surface area contributed by atoms with E-state index in [1.54, 1.807) is 24.4 Å². The van der Waals surface area contributed by atoms with Gasteiger partial charge < -0.3 is 15.3 Å². The normalized spacial score (nSPS) is 21.6. The van der Waals surface area contributed by atoms with Gasteiger partial charge in [0.05, 0.1) is 29.9 Å². The van der Waals surface area contributed by atoms with Gasteiger partial charge in [0.2, 0.25) is 17.7 Å². The van der Waals surface area contributed by atoms with Gasteiger partial charge in [0.15, 0.2) is 0 Å². The second kappa shape index (κ2) is 12.8. The van der Waals surface area contributed by atoms with E-state index in [0.717, 1.165) is 36.1 Å². The Balaban J connectivity index is 1.00. The monoisotopic (exact) mass is 619 g/mol. The van der Waals surface area contributed by atoms with E-state index in [1.165, 1.54) is 0 Å². The van der Waals surface area contributed by atoms with Crippen LogP contribution in [0, 0.1) is 5.92 Å². The number of carbonyl (C=O) groups excluding carboxylic acids is 5. The third-order valence-electron chi connectivity index (χ3n) is 9.33. The highest BCUT2D eigenvalue weighted by molar-refractivity contribution is 6.25. The van der Waals surface area contributed by atoms with E-state index >= 15 is 0 Å². The molecule has 5 amide bonds. The molecule has 0 bridgehead atoms. The molecule has 238 valence electrons. The number of benzene rings is 1. The number of amides is 5. The average Bonchev–Trinajstić information content (AvgIpc) is 3.60. The summed E-state index contributed by atoms with van der Waals surface area (Å²) in [5.74, 6) is -2.54. The summed E-state index contributed by atoms with van der Waals surface area (Å²) in [5.41, 5.74) is 1.80. The van der Waals surface area contributed by atoms with Crippen LogP contribution < -0.4 is 10.6 Å². The van der Waals surface area contributed by atoms with Crippen molar-refractivity contribution in [3.63, 3.8) is 0 Å². The molecule has 6 rings (SSSR count). The molecule has 0 radical (unpaired) electrons. The second-order valence-corrected chi connectivity index (χ2v) is 12.3. The molecule has 3 fully saturated rings. The van der Waals surface area contributed by atoms with Gasteiger partial charge in [-0.3, -0.25) is 48.6 Å². The maximum absolute atomic E-state index is 13.3. The van der Waals surface area contributed by atoms with Gasteiger partial charge in [-0.05, 0) is 63.2 Å². The quantitative estimate of drug-likeness (QED) is 0.347. The fourth-order valence-corrected chi connectivity index (χ4v) is 6.82. The van der Waals surface area contributed by atoms with Crippen molar-refractivity contribution < 1.29 is 33.9 Å². The minimum Gasteiger partial charge on any atom is -0.480 e. The molecule has 45 heavy (non-hydrogen) atoms. The number of carboxylic acid groups (broad SMARTS) is 1. The molecule has 1 atom stereocenters. The summed E-state index contributed by atoms with van der Waals surface area (Å²) < 4.78 is 1.92. The number of fused-ring (bicyclic) bond motifs is 1. The van der Waals surface area contributed by atoms with Crippen LogP contribution >= 0.6 is 0 Å². The number of aliphatic carboxylic acids is 1. The lowest BCUT2D eigenvalue weighted by Gasteiger charge is -2.35. The zero-order valence-electron chi connectivity index (χ0n) is 24.9. The average molecular weight is 620 g/mol. The van der Waals surface area contributed by atoms with Gasteiger partial charge in [0, 0.05) is 49.9 Å². The maximum atomic E-state index is 13.3. The van der Waals surface area contributed by atoms with Crippen molar-refractivity contribution in [1.82, 2.24) is 29.8 Å². The number of nitrogens with one attached hydrogen (secondary N) is 2. The van der Waals surface area contributed by atoms with Crippen LogP contribution in [-0.4, -0.2) is 104 Å². The van der Waals surface area contributed by atoms with Crippen LogP contribution in [0.3, 0.4) is 0 Å². The maximum Gasteiger partial charge on any atom is 0.317 e. The first-order chi connectivity index (χ1) is 21.7. The summed E-state index contributed by atoms with van der Waals surface area (Å²) in [7, 11) is 0.